The number of esters is 1. The summed E-state index contributed by atoms with van der Waals surface area (Å²) < 4.78 is 41.4. The number of benzene rings is 2. The zero-order chi connectivity index (χ0) is 25.5. The highest BCUT2D eigenvalue weighted by Gasteiger charge is 2.60. The van der Waals surface area contributed by atoms with Crippen LogP contribution in [0.1, 0.15) is 39.3 Å². The molecule has 9 nitrogen and oxygen atoms in total. The molecule has 0 unspecified atom stereocenters. The fraction of sp³-hybridized carbons (Fsp3) is 0.519. The van der Waals surface area contributed by atoms with E-state index in [9.17, 15) is 4.79 Å². The van der Waals surface area contributed by atoms with Crippen molar-refractivity contribution in [3.63, 3.8) is 0 Å². The average molecular weight is 500 g/mol. The number of hydrogen-bond donors (Lipinski definition) is 1. The molecule has 6 atom stereocenters. The lowest BCUT2D eigenvalue weighted by Crippen LogP contribution is -2.46. The molecule has 0 saturated carbocycles. The lowest BCUT2D eigenvalue weighted by atomic mass is 10.0. The van der Waals surface area contributed by atoms with E-state index in [2.05, 4.69) is 5.32 Å². The van der Waals surface area contributed by atoms with Crippen molar-refractivity contribution in [1.82, 2.24) is 0 Å². The van der Waals surface area contributed by atoms with Crippen molar-refractivity contribution >= 4 is 11.7 Å². The second-order valence-corrected chi connectivity index (χ2v) is 10.1. The Morgan fingerprint density at radius 3 is 2.31 bits per heavy atom. The van der Waals surface area contributed by atoms with E-state index in [0.717, 1.165) is 17.0 Å². The first-order valence-corrected chi connectivity index (χ1v) is 12.1. The molecule has 3 aliphatic rings. The van der Waals surface area contributed by atoms with Gasteiger partial charge in [0.2, 0.25) is 0 Å². The van der Waals surface area contributed by atoms with Crippen LogP contribution in [0.4, 0.5) is 5.69 Å². The standard InChI is InChI=1S/C27H33NO8/c1-26(2)31-15-19(34-26)21-22(23-25(33-21)36-27(3,4)35-23)32-24(29)20(16-9-7-6-8-10-16)28-17-11-13-18(30-5)14-12-17/h6-14,19-23,25,28H,15H2,1-5H3/t19-,20+,21-,22+,23-,25-/m1/s1. The van der Waals surface area contributed by atoms with Crippen LogP contribution in [0, 0.1) is 0 Å². The predicted octanol–water partition coefficient (Wildman–Crippen LogP) is 3.79. The second-order valence-electron chi connectivity index (χ2n) is 10.1. The largest absolute Gasteiger partial charge is 0.497 e. The summed E-state index contributed by atoms with van der Waals surface area (Å²) in [6, 6.07) is 16.0. The van der Waals surface area contributed by atoms with Gasteiger partial charge in [0.25, 0.3) is 0 Å². The van der Waals surface area contributed by atoms with E-state index >= 15 is 0 Å². The van der Waals surface area contributed by atoms with Crippen LogP contribution in [0.5, 0.6) is 5.75 Å². The number of carbonyl (C=O) groups excluding carboxylic acids is 1. The Kier molecular flexibility index (Phi) is 6.69. The number of anilines is 1. The van der Waals surface area contributed by atoms with Gasteiger partial charge < -0.3 is 38.5 Å². The number of rotatable bonds is 7. The van der Waals surface area contributed by atoms with Gasteiger partial charge in [0.1, 0.15) is 18.0 Å². The van der Waals surface area contributed by atoms with E-state index in [4.69, 9.17) is 33.2 Å². The molecule has 194 valence electrons. The Bertz CT molecular complexity index is 1060. The molecule has 0 aliphatic carbocycles. The lowest BCUT2D eigenvalue weighted by molar-refractivity contribution is -0.235. The Labute approximate surface area is 210 Å². The van der Waals surface area contributed by atoms with Crippen molar-refractivity contribution < 1.29 is 38.0 Å². The zero-order valence-electron chi connectivity index (χ0n) is 21.1. The molecule has 36 heavy (non-hydrogen) atoms. The number of carbonyl (C=O) groups is 1. The molecule has 0 aromatic heterocycles. The van der Waals surface area contributed by atoms with Crippen molar-refractivity contribution in [2.75, 3.05) is 19.0 Å². The van der Waals surface area contributed by atoms with E-state index < -0.39 is 54.3 Å². The maximum absolute atomic E-state index is 13.7. The highest BCUT2D eigenvalue weighted by Crippen LogP contribution is 2.42. The smallest absolute Gasteiger partial charge is 0.333 e. The molecule has 3 heterocycles. The van der Waals surface area contributed by atoms with Gasteiger partial charge >= 0.3 is 5.97 Å². The molecule has 2 aromatic rings. The molecule has 0 amide bonds. The van der Waals surface area contributed by atoms with Gasteiger partial charge in [-0.15, -0.1) is 0 Å². The molecule has 3 fully saturated rings. The molecular weight excluding hydrogens is 466 g/mol. The normalized spacial score (nSPS) is 31.0. The molecule has 3 aliphatic heterocycles. The van der Waals surface area contributed by atoms with Gasteiger partial charge in [-0.3, -0.25) is 0 Å². The third kappa shape index (κ3) is 5.21. The molecule has 3 saturated heterocycles. The number of hydrogen-bond acceptors (Lipinski definition) is 9. The summed E-state index contributed by atoms with van der Waals surface area (Å²) in [5, 5.41) is 3.29. The summed E-state index contributed by atoms with van der Waals surface area (Å²) in [5.41, 5.74) is 1.50. The van der Waals surface area contributed by atoms with Crippen molar-refractivity contribution in [3.05, 3.63) is 60.2 Å². The number of ether oxygens (including phenoxy) is 7. The molecule has 1 N–H and O–H groups in total. The van der Waals surface area contributed by atoms with Crippen LogP contribution in [0.15, 0.2) is 54.6 Å². The molecular formula is C27H33NO8. The number of nitrogens with one attached hydrogen (secondary N) is 1. The Hall–Kier alpha value is -2.69. The van der Waals surface area contributed by atoms with Crippen LogP contribution < -0.4 is 10.1 Å². The molecule has 2 aromatic carbocycles. The maximum atomic E-state index is 13.7. The first-order valence-electron chi connectivity index (χ1n) is 12.1. The van der Waals surface area contributed by atoms with Crippen molar-refractivity contribution in [3.8, 4) is 5.75 Å². The first kappa shape index (κ1) is 25.0. The van der Waals surface area contributed by atoms with Gasteiger partial charge in [-0.25, -0.2) is 4.79 Å². The van der Waals surface area contributed by atoms with E-state index in [1.54, 1.807) is 21.0 Å². The third-order valence-corrected chi connectivity index (χ3v) is 6.45. The van der Waals surface area contributed by atoms with E-state index in [1.165, 1.54) is 0 Å². The van der Waals surface area contributed by atoms with Gasteiger partial charge in [-0.05, 0) is 57.5 Å². The van der Waals surface area contributed by atoms with Gasteiger partial charge in [-0.2, -0.15) is 0 Å². The van der Waals surface area contributed by atoms with Crippen LogP contribution in [0.25, 0.3) is 0 Å². The third-order valence-electron chi connectivity index (χ3n) is 6.45. The second kappa shape index (κ2) is 9.64. The minimum Gasteiger partial charge on any atom is -0.497 e. The molecule has 0 spiro atoms. The van der Waals surface area contributed by atoms with Crippen LogP contribution in [0.3, 0.4) is 0 Å². The monoisotopic (exact) mass is 499 g/mol. The van der Waals surface area contributed by atoms with Crippen LogP contribution in [-0.2, 0) is 33.2 Å². The molecule has 0 bridgehead atoms. The van der Waals surface area contributed by atoms with E-state index in [-0.39, 0.29) is 0 Å². The lowest BCUT2D eigenvalue weighted by Gasteiger charge is -2.30. The summed E-state index contributed by atoms with van der Waals surface area (Å²) in [4.78, 5) is 13.7. The number of fused-ring (bicyclic) bond motifs is 1. The van der Waals surface area contributed by atoms with Crippen LogP contribution in [-0.4, -0.2) is 62.0 Å². The van der Waals surface area contributed by atoms with Gasteiger partial charge in [-0.1, -0.05) is 30.3 Å². The van der Waals surface area contributed by atoms with Gasteiger partial charge in [0, 0.05) is 5.69 Å². The minimum absolute atomic E-state index is 0.306. The predicted molar refractivity (Wildman–Crippen MR) is 129 cm³/mol. The highest BCUT2D eigenvalue weighted by atomic mass is 16.8. The summed E-state index contributed by atoms with van der Waals surface area (Å²) in [6.07, 6.45) is -3.09. The maximum Gasteiger partial charge on any atom is 0.333 e. The Morgan fingerprint density at radius 2 is 1.67 bits per heavy atom. The average Bonchev–Trinajstić information content (AvgIpc) is 3.47. The van der Waals surface area contributed by atoms with Crippen molar-refractivity contribution in [2.45, 2.75) is 76.0 Å². The van der Waals surface area contributed by atoms with Crippen molar-refractivity contribution in [1.29, 1.82) is 0 Å². The molecule has 0 radical (unpaired) electrons. The summed E-state index contributed by atoms with van der Waals surface area (Å²) in [6.45, 7) is 7.59. The zero-order valence-corrected chi connectivity index (χ0v) is 21.1. The molecule has 9 heteroatoms. The summed E-state index contributed by atoms with van der Waals surface area (Å²) in [7, 11) is 1.61. The van der Waals surface area contributed by atoms with Crippen molar-refractivity contribution in [2.24, 2.45) is 0 Å². The fourth-order valence-electron chi connectivity index (χ4n) is 4.79. The van der Waals surface area contributed by atoms with Gasteiger partial charge in [0.05, 0.1) is 13.7 Å². The molecule has 5 rings (SSSR count). The van der Waals surface area contributed by atoms with E-state index in [1.807, 2.05) is 68.4 Å². The van der Waals surface area contributed by atoms with Crippen LogP contribution in [0.2, 0.25) is 0 Å². The Balaban J connectivity index is 1.40. The number of methoxy groups -OCH3 is 1. The first-order chi connectivity index (χ1) is 17.1. The highest BCUT2D eigenvalue weighted by molar-refractivity contribution is 5.81. The SMILES string of the molecule is COc1ccc(N[C@H](C(=O)O[C@@H]2[C@H]3OC(C)(C)O[C@H]3O[C@@H]2[C@H]2COC(C)(C)O2)c2ccccc2)cc1. The quantitative estimate of drug-likeness (QED) is 0.571. The van der Waals surface area contributed by atoms with Crippen LogP contribution >= 0.6 is 0 Å². The minimum atomic E-state index is -0.864. The summed E-state index contributed by atoms with van der Waals surface area (Å²) >= 11 is 0. The summed E-state index contributed by atoms with van der Waals surface area (Å²) in [5.74, 6) is -1.37. The van der Waals surface area contributed by atoms with E-state index in [0.29, 0.717) is 6.61 Å². The topological polar surface area (TPSA) is 93.7 Å². The fourth-order valence-corrected chi connectivity index (χ4v) is 4.79. The Morgan fingerprint density at radius 1 is 0.944 bits per heavy atom. The van der Waals surface area contributed by atoms with Gasteiger partial charge in [0.15, 0.2) is 36.1 Å².